The lowest BCUT2D eigenvalue weighted by Crippen LogP contribution is -2.40. The van der Waals surface area contributed by atoms with Crippen molar-refractivity contribution < 1.29 is 9.59 Å². The molecular formula is C13H19N3O2. The lowest BCUT2D eigenvalue weighted by molar-refractivity contribution is 0.0919. The highest BCUT2D eigenvalue weighted by molar-refractivity contribution is 5.95. The van der Waals surface area contributed by atoms with Crippen LogP contribution in [0.25, 0.3) is 0 Å². The van der Waals surface area contributed by atoms with Crippen molar-refractivity contribution >= 4 is 17.6 Å². The molecule has 0 saturated carbocycles. The molecule has 0 aliphatic carbocycles. The van der Waals surface area contributed by atoms with Gasteiger partial charge in [-0.25, -0.2) is 4.79 Å². The molecule has 5 heteroatoms. The Balaban J connectivity index is 2.71. The smallest absolute Gasteiger partial charge is 0.318 e. The Morgan fingerprint density at radius 3 is 2.06 bits per heavy atom. The largest absolute Gasteiger partial charge is 0.347 e. The highest BCUT2D eigenvalue weighted by Crippen LogP contribution is 2.10. The number of amides is 3. The SMILES string of the molecule is CNC(=O)Nc1ccc(C(=O)NC(C)(C)C)cc1. The van der Waals surface area contributed by atoms with Crippen LogP contribution in [0.2, 0.25) is 0 Å². The van der Waals surface area contributed by atoms with Gasteiger partial charge in [0.2, 0.25) is 0 Å². The molecule has 0 radical (unpaired) electrons. The topological polar surface area (TPSA) is 70.2 Å². The van der Waals surface area contributed by atoms with Gasteiger partial charge in [0.15, 0.2) is 0 Å². The summed E-state index contributed by atoms with van der Waals surface area (Å²) in [6.45, 7) is 5.77. The van der Waals surface area contributed by atoms with Crippen LogP contribution in [-0.2, 0) is 0 Å². The van der Waals surface area contributed by atoms with Crippen LogP contribution < -0.4 is 16.0 Å². The minimum atomic E-state index is -0.290. The van der Waals surface area contributed by atoms with Crippen molar-refractivity contribution in [3.63, 3.8) is 0 Å². The third-order valence-electron chi connectivity index (χ3n) is 2.12. The first-order valence-electron chi connectivity index (χ1n) is 5.73. The van der Waals surface area contributed by atoms with Gasteiger partial charge in [-0.05, 0) is 45.0 Å². The first kappa shape index (κ1) is 14.0. The zero-order chi connectivity index (χ0) is 13.8. The van der Waals surface area contributed by atoms with Crippen LogP contribution in [-0.4, -0.2) is 24.5 Å². The minimum absolute atomic E-state index is 0.131. The quantitative estimate of drug-likeness (QED) is 0.750. The fourth-order valence-electron chi connectivity index (χ4n) is 1.31. The van der Waals surface area contributed by atoms with Gasteiger partial charge in [-0.1, -0.05) is 0 Å². The van der Waals surface area contributed by atoms with Gasteiger partial charge in [0, 0.05) is 23.8 Å². The molecule has 18 heavy (non-hydrogen) atoms. The van der Waals surface area contributed by atoms with E-state index in [0.29, 0.717) is 11.3 Å². The molecular weight excluding hydrogens is 230 g/mol. The Hall–Kier alpha value is -2.04. The fraction of sp³-hybridized carbons (Fsp3) is 0.385. The van der Waals surface area contributed by atoms with E-state index in [9.17, 15) is 9.59 Å². The molecule has 1 rings (SSSR count). The van der Waals surface area contributed by atoms with Crippen molar-refractivity contribution in [1.82, 2.24) is 10.6 Å². The van der Waals surface area contributed by atoms with E-state index in [1.165, 1.54) is 0 Å². The maximum Gasteiger partial charge on any atom is 0.318 e. The molecule has 0 aliphatic rings. The summed E-state index contributed by atoms with van der Waals surface area (Å²) in [5.41, 5.74) is 0.935. The first-order chi connectivity index (χ1) is 8.31. The predicted octanol–water partition coefficient (Wildman–Crippen LogP) is 1.97. The number of nitrogens with one attached hydrogen (secondary N) is 3. The zero-order valence-corrected chi connectivity index (χ0v) is 11.1. The van der Waals surface area contributed by atoms with E-state index < -0.39 is 0 Å². The summed E-state index contributed by atoms with van der Waals surface area (Å²) in [4.78, 5) is 22.9. The van der Waals surface area contributed by atoms with Gasteiger partial charge < -0.3 is 16.0 Å². The summed E-state index contributed by atoms with van der Waals surface area (Å²) < 4.78 is 0. The second-order valence-corrected chi connectivity index (χ2v) is 4.99. The maximum absolute atomic E-state index is 11.8. The van der Waals surface area contributed by atoms with E-state index >= 15 is 0 Å². The summed E-state index contributed by atoms with van der Waals surface area (Å²) in [5, 5.41) is 7.94. The van der Waals surface area contributed by atoms with Gasteiger partial charge in [-0.15, -0.1) is 0 Å². The summed E-state index contributed by atoms with van der Waals surface area (Å²) in [5.74, 6) is -0.131. The van der Waals surface area contributed by atoms with Gasteiger partial charge in [0.25, 0.3) is 5.91 Å². The van der Waals surface area contributed by atoms with Gasteiger partial charge in [0.05, 0.1) is 0 Å². The molecule has 1 aromatic rings. The van der Waals surface area contributed by atoms with Crippen LogP contribution in [0.1, 0.15) is 31.1 Å². The predicted molar refractivity (Wildman–Crippen MR) is 71.7 cm³/mol. The molecule has 0 atom stereocenters. The molecule has 0 aliphatic heterocycles. The molecule has 0 fully saturated rings. The number of rotatable bonds is 2. The fourth-order valence-corrected chi connectivity index (χ4v) is 1.31. The standard InChI is InChI=1S/C13H19N3O2/c1-13(2,3)16-11(17)9-5-7-10(8-6-9)15-12(18)14-4/h5-8H,1-4H3,(H,16,17)(H2,14,15,18). The molecule has 5 nitrogen and oxygen atoms in total. The highest BCUT2D eigenvalue weighted by Gasteiger charge is 2.14. The Morgan fingerprint density at radius 2 is 1.61 bits per heavy atom. The Kier molecular flexibility index (Phi) is 4.31. The van der Waals surface area contributed by atoms with Crippen LogP contribution in [0.5, 0.6) is 0 Å². The summed E-state index contributed by atoms with van der Waals surface area (Å²) in [7, 11) is 1.54. The monoisotopic (exact) mass is 249 g/mol. The Bertz CT molecular complexity index is 433. The number of urea groups is 1. The molecule has 98 valence electrons. The number of benzene rings is 1. The van der Waals surface area contributed by atoms with E-state index in [0.717, 1.165) is 0 Å². The minimum Gasteiger partial charge on any atom is -0.347 e. The van der Waals surface area contributed by atoms with Crippen LogP contribution in [0.3, 0.4) is 0 Å². The summed E-state index contributed by atoms with van der Waals surface area (Å²) in [6.07, 6.45) is 0. The Morgan fingerprint density at radius 1 is 1.06 bits per heavy atom. The molecule has 0 spiro atoms. The molecule has 1 aromatic carbocycles. The van der Waals surface area contributed by atoms with Crippen LogP contribution >= 0.6 is 0 Å². The lowest BCUT2D eigenvalue weighted by atomic mass is 10.1. The van der Waals surface area contributed by atoms with Crippen molar-refractivity contribution in [3.05, 3.63) is 29.8 Å². The van der Waals surface area contributed by atoms with E-state index in [-0.39, 0.29) is 17.5 Å². The molecule has 3 amide bonds. The number of carbonyl (C=O) groups excluding carboxylic acids is 2. The number of anilines is 1. The second-order valence-electron chi connectivity index (χ2n) is 4.99. The lowest BCUT2D eigenvalue weighted by Gasteiger charge is -2.20. The van der Waals surface area contributed by atoms with E-state index in [1.807, 2.05) is 20.8 Å². The van der Waals surface area contributed by atoms with E-state index in [4.69, 9.17) is 0 Å². The molecule has 0 heterocycles. The third kappa shape index (κ3) is 4.45. The molecule has 0 aromatic heterocycles. The number of hydrogen-bond acceptors (Lipinski definition) is 2. The Labute approximate surface area is 107 Å². The maximum atomic E-state index is 11.8. The van der Waals surface area contributed by atoms with Crippen molar-refractivity contribution in [2.24, 2.45) is 0 Å². The van der Waals surface area contributed by atoms with Crippen molar-refractivity contribution in [3.8, 4) is 0 Å². The van der Waals surface area contributed by atoms with Crippen LogP contribution in [0.4, 0.5) is 10.5 Å². The van der Waals surface area contributed by atoms with Gasteiger partial charge in [0.1, 0.15) is 0 Å². The number of hydrogen-bond donors (Lipinski definition) is 3. The normalized spacial score (nSPS) is 10.7. The summed E-state index contributed by atoms with van der Waals surface area (Å²) in [6, 6.07) is 6.43. The average molecular weight is 249 g/mol. The second kappa shape index (κ2) is 5.53. The average Bonchev–Trinajstić information content (AvgIpc) is 2.27. The van der Waals surface area contributed by atoms with Crippen LogP contribution in [0, 0.1) is 0 Å². The van der Waals surface area contributed by atoms with E-state index in [2.05, 4.69) is 16.0 Å². The van der Waals surface area contributed by atoms with E-state index in [1.54, 1.807) is 31.3 Å². The summed E-state index contributed by atoms with van der Waals surface area (Å²) >= 11 is 0. The highest BCUT2D eigenvalue weighted by atomic mass is 16.2. The molecule has 0 saturated heterocycles. The first-order valence-corrected chi connectivity index (χ1v) is 5.73. The van der Waals surface area contributed by atoms with Crippen molar-refractivity contribution in [1.29, 1.82) is 0 Å². The van der Waals surface area contributed by atoms with Crippen molar-refractivity contribution in [2.45, 2.75) is 26.3 Å². The third-order valence-corrected chi connectivity index (χ3v) is 2.12. The van der Waals surface area contributed by atoms with Gasteiger partial charge in [-0.3, -0.25) is 4.79 Å². The van der Waals surface area contributed by atoms with Crippen LogP contribution in [0.15, 0.2) is 24.3 Å². The van der Waals surface area contributed by atoms with Gasteiger partial charge in [-0.2, -0.15) is 0 Å². The van der Waals surface area contributed by atoms with Crippen molar-refractivity contribution in [2.75, 3.05) is 12.4 Å². The number of carbonyl (C=O) groups is 2. The molecule has 0 bridgehead atoms. The van der Waals surface area contributed by atoms with Gasteiger partial charge >= 0.3 is 6.03 Å². The zero-order valence-electron chi connectivity index (χ0n) is 11.1. The molecule has 3 N–H and O–H groups in total. The molecule has 0 unspecified atom stereocenters.